The number of rotatable bonds is 3. The number of nitrogen functional groups attached to an aromatic ring is 1. The maximum Gasteiger partial charge on any atom is 0.253 e. The molecule has 1 fully saturated rings. The molecule has 0 atom stereocenters. The van der Waals surface area contributed by atoms with Gasteiger partial charge in [-0.1, -0.05) is 6.07 Å². The quantitative estimate of drug-likeness (QED) is 0.860. The third kappa shape index (κ3) is 4.61. The minimum absolute atomic E-state index is 0. The Hall–Kier alpha value is -1.75. The van der Waals surface area contributed by atoms with Crippen LogP contribution >= 0.6 is 12.4 Å². The molecule has 23 heavy (non-hydrogen) atoms. The van der Waals surface area contributed by atoms with E-state index in [9.17, 15) is 9.59 Å². The average molecular weight is 340 g/mol. The first-order chi connectivity index (χ1) is 10.4. The van der Waals surface area contributed by atoms with Gasteiger partial charge in [-0.3, -0.25) is 9.59 Å². The third-order valence-corrected chi connectivity index (χ3v) is 4.39. The predicted molar refractivity (Wildman–Crippen MR) is 94.6 cm³/mol. The fraction of sp³-hybridized carbons (Fsp3) is 0.529. The van der Waals surface area contributed by atoms with E-state index in [0.29, 0.717) is 24.3 Å². The molecule has 0 unspecified atom stereocenters. The van der Waals surface area contributed by atoms with E-state index in [-0.39, 0.29) is 36.2 Å². The Morgan fingerprint density at radius 3 is 2.39 bits per heavy atom. The van der Waals surface area contributed by atoms with Crippen LogP contribution in [0.15, 0.2) is 24.3 Å². The smallest absolute Gasteiger partial charge is 0.253 e. The molecule has 2 rings (SSSR count). The standard InChI is InChI=1S/C17H25N3O2.ClH/c1-12(2)19(3)16(21)13-7-9-20(10-8-13)17(22)14-5-4-6-15(18)11-14;/h4-6,11-13H,7-10,18H2,1-3H3;1H. The summed E-state index contributed by atoms with van der Waals surface area (Å²) in [4.78, 5) is 28.4. The summed E-state index contributed by atoms with van der Waals surface area (Å²) in [5.41, 5.74) is 6.94. The van der Waals surface area contributed by atoms with Crippen LogP contribution in [-0.2, 0) is 4.79 Å². The Morgan fingerprint density at radius 2 is 1.87 bits per heavy atom. The number of piperidine rings is 1. The van der Waals surface area contributed by atoms with Crippen LogP contribution in [0.5, 0.6) is 0 Å². The highest BCUT2D eigenvalue weighted by molar-refractivity contribution is 5.95. The van der Waals surface area contributed by atoms with Crippen molar-refractivity contribution < 1.29 is 9.59 Å². The molecule has 128 valence electrons. The van der Waals surface area contributed by atoms with Crippen LogP contribution in [0, 0.1) is 5.92 Å². The van der Waals surface area contributed by atoms with Crippen LogP contribution in [0.25, 0.3) is 0 Å². The van der Waals surface area contributed by atoms with Crippen molar-refractivity contribution >= 4 is 29.9 Å². The molecular formula is C17H26ClN3O2. The van der Waals surface area contributed by atoms with Crippen molar-refractivity contribution in [1.29, 1.82) is 0 Å². The van der Waals surface area contributed by atoms with Gasteiger partial charge in [0, 0.05) is 43.3 Å². The van der Waals surface area contributed by atoms with E-state index in [1.165, 1.54) is 0 Å². The largest absolute Gasteiger partial charge is 0.399 e. The summed E-state index contributed by atoms with van der Waals surface area (Å²) in [6.45, 7) is 5.26. The first kappa shape index (κ1) is 19.3. The molecule has 1 saturated heterocycles. The molecule has 0 bridgehead atoms. The van der Waals surface area contributed by atoms with E-state index < -0.39 is 0 Å². The number of hydrogen-bond acceptors (Lipinski definition) is 3. The predicted octanol–water partition coefficient (Wildman–Crippen LogP) is 2.41. The van der Waals surface area contributed by atoms with Gasteiger partial charge >= 0.3 is 0 Å². The average Bonchev–Trinajstić information content (AvgIpc) is 2.52. The Balaban J connectivity index is 0.00000264. The molecule has 0 aromatic heterocycles. The maximum absolute atomic E-state index is 12.4. The SMILES string of the molecule is CC(C)N(C)C(=O)C1CCN(C(=O)c2cccc(N)c2)CC1.Cl. The summed E-state index contributed by atoms with van der Waals surface area (Å²) in [6, 6.07) is 7.24. The van der Waals surface area contributed by atoms with E-state index >= 15 is 0 Å². The zero-order valence-corrected chi connectivity index (χ0v) is 14.8. The number of carbonyl (C=O) groups is 2. The highest BCUT2D eigenvalue weighted by Crippen LogP contribution is 2.22. The fourth-order valence-electron chi connectivity index (χ4n) is 2.73. The highest BCUT2D eigenvalue weighted by Gasteiger charge is 2.30. The lowest BCUT2D eigenvalue weighted by Gasteiger charge is -2.34. The van der Waals surface area contributed by atoms with E-state index in [1.807, 2.05) is 25.8 Å². The summed E-state index contributed by atoms with van der Waals surface area (Å²) >= 11 is 0. The second kappa shape index (κ2) is 8.20. The molecule has 1 heterocycles. The molecule has 0 saturated carbocycles. The van der Waals surface area contributed by atoms with Crippen molar-refractivity contribution in [3.05, 3.63) is 29.8 Å². The molecule has 5 nitrogen and oxygen atoms in total. The van der Waals surface area contributed by atoms with Crippen molar-refractivity contribution in [3.63, 3.8) is 0 Å². The molecular weight excluding hydrogens is 314 g/mol. The lowest BCUT2D eigenvalue weighted by molar-refractivity contribution is -0.137. The zero-order chi connectivity index (χ0) is 16.3. The first-order valence-corrected chi connectivity index (χ1v) is 7.81. The summed E-state index contributed by atoms with van der Waals surface area (Å²) in [7, 11) is 1.84. The van der Waals surface area contributed by atoms with Crippen LogP contribution < -0.4 is 5.73 Å². The van der Waals surface area contributed by atoms with Crippen molar-refractivity contribution in [3.8, 4) is 0 Å². The third-order valence-electron chi connectivity index (χ3n) is 4.39. The second-order valence-electron chi connectivity index (χ2n) is 6.23. The number of nitrogens with zero attached hydrogens (tertiary/aromatic N) is 2. The fourth-order valence-corrected chi connectivity index (χ4v) is 2.73. The van der Waals surface area contributed by atoms with E-state index in [0.717, 1.165) is 12.8 Å². The minimum Gasteiger partial charge on any atom is -0.399 e. The molecule has 1 aliphatic rings. The second-order valence-corrected chi connectivity index (χ2v) is 6.23. The van der Waals surface area contributed by atoms with Crippen molar-refractivity contribution in [2.24, 2.45) is 5.92 Å². The molecule has 1 aliphatic heterocycles. The van der Waals surface area contributed by atoms with Crippen LogP contribution in [0.1, 0.15) is 37.0 Å². The summed E-state index contributed by atoms with van der Waals surface area (Å²) in [5, 5.41) is 0. The number of likely N-dealkylation sites (tertiary alicyclic amines) is 1. The molecule has 1 aromatic carbocycles. The summed E-state index contributed by atoms with van der Waals surface area (Å²) in [5.74, 6) is 0.207. The number of carbonyl (C=O) groups excluding carboxylic acids is 2. The molecule has 6 heteroatoms. The van der Waals surface area contributed by atoms with Crippen molar-refractivity contribution in [2.75, 3.05) is 25.9 Å². The Kier molecular flexibility index (Phi) is 6.88. The number of nitrogens with two attached hydrogens (primary N) is 1. The topological polar surface area (TPSA) is 66.6 Å². The number of halogens is 1. The van der Waals surface area contributed by atoms with Crippen LogP contribution in [0.4, 0.5) is 5.69 Å². The molecule has 0 aliphatic carbocycles. The minimum atomic E-state index is -0.00425. The number of anilines is 1. The molecule has 2 N–H and O–H groups in total. The van der Waals surface area contributed by atoms with Gasteiger partial charge < -0.3 is 15.5 Å². The van der Waals surface area contributed by atoms with Crippen LogP contribution in [-0.4, -0.2) is 47.8 Å². The Bertz CT molecular complexity index is 555. The van der Waals surface area contributed by atoms with Gasteiger partial charge in [-0.2, -0.15) is 0 Å². The molecule has 0 spiro atoms. The lowest BCUT2D eigenvalue weighted by Crippen LogP contribution is -2.45. The van der Waals surface area contributed by atoms with Gasteiger partial charge in [0.2, 0.25) is 5.91 Å². The van der Waals surface area contributed by atoms with Crippen molar-refractivity contribution in [1.82, 2.24) is 9.80 Å². The van der Waals surface area contributed by atoms with E-state index in [4.69, 9.17) is 5.73 Å². The Morgan fingerprint density at radius 1 is 1.26 bits per heavy atom. The molecule has 0 radical (unpaired) electrons. The zero-order valence-electron chi connectivity index (χ0n) is 14.0. The first-order valence-electron chi connectivity index (χ1n) is 7.81. The number of hydrogen-bond donors (Lipinski definition) is 1. The van der Waals surface area contributed by atoms with E-state index in [2.05, 4.69) is 0 Å². The van der Waals surface area contributed by atoms with Gasteiger partial charge in [0.05, 0.1) is 0 Å². The summed E-state index contributed by atoms with van der Waals surface area (Å²) in [6.07, 6.45) is 1.45. The van der Waals surface area contributed by atoms with E-state index in [1.54, 1.807) is 29.2 Å². The van der Waals surface area contributed by atoms with Crippen LogP contribution in [0.3, 0.4) is 0 Å². The van der Waals surface area contributed by atoms with Gasteiger partial charge in [-0.25, -0.2) is 0 Å². The highest BCUT2D eigenvalue weighted by atomic mass is 35.5. The van der Waals surface area contributed by atoms with Gasteiger partial charge in [0.15, 0.2) is 0 Å². The summed E-state index contributed by atoms with van der Waals surface area (Å²) < 4.78 is 0. The van der Waals surface area contributed by atoms with Gasteiger partial charge in [-0.05, 0) is 44.9 Å². The lowest BCUT2D eigenvalue weighted by atomic mass is 9.94. The monoisotopic (exact) mass is 339 g/mol. The molecule has 2 amide bonds. The number of amides is 2. The normalized spacial score (nSPS) is 15.2. The van der Waals surface area contributed by atoms with Gasteiger partial charge in [-0.15, -0.1) is 12.4 Å². The maximum atomic E-state index is 12.4. The number of benzene rings is 1. The van der Waals surface area contributed by atoms with Gasteiger partial charge in [0.1, 0.15) is 0 Å². The van der Waals surface area contributed by atoms with Gasteiger partial charge in [0.25, 0.3) is 5.91 Å². The molecule has 1 aromatic rings. The van der Waals surface area contributed by atoms with Crippen LogP contribution in [0.2, 0.25) is 0 Å². The Labute approximate surface area is 144 Å². The van der Waals surface area contributed by atoms with Crippen molar-refractivity contribution in [2.45, 2.75) is 32.7 Å².